The minimum absolute atomic E-state index is 0.339. The Labute approximate surface area is 206 Å². The van der Waals surface area contributed by atoms with E-state index >= 15 is 0 Å². The van der Waals surface area contributed by atoms with Crippen LogP contribution in [0, 0.1) is 5.92 Å². The van der Waals surface area contributed by atoms with Gasteiger partial charge in [-0.2, -0.15) is 0 Å². The summed E-state index contributed by atoms with van der Waals surface area (Å²) in [5, 5.41) is 14.9. The van der Waals surface area contributed by atoms with Crippen LogP contribution < -0.4 is 16.1 Å². The highest BCUT2D eigenvalue weighted by atomic mass is 16.5. The number of amides is 2. The van der Waals surface area contributed by atoms with Gasteiger partial charge in [0.15, 0.2) is 0 Å². The Hall–Kier alpha value is -3.36. The average Bonchev–Trinajstić information content (AvgIpc) is 3.63. The fourth-order valence-corrected chi connectivity index (χ4v) is 4.29. The normalized spacial score (nSPS) is 16.7. The third-order valence-corrected chi connectivity index (χ3v) is 6.53. The molecule has 1 aliphatic heterocycles. The third kappa shape index (κ3) is 7.83. The number of carbonyl (C=O) groups excluding carboxylic acids is 2. The van der Waals surface area contributed by atoms with Gasteiger partial charge in [0.2, 0.25) is 0 Å². The Morgan fingerprint density at radius 3 is 2.69 bits per heavy atom. The second-order valence-electron chi connectivity index (χ2n) is 9.24. The van der Waals surface area contributed by atoms with Crippen molar-refractivity contribution in [2.24, 2.45) is 5.92 Å². The topological polar surface area (TPSA) is 103 Å². The minimum atomic E-state index is -0.565. The van der Waals surface area contributed by atoms with Crippen molar-refractivity contribution in [3.63, 3.8) is 0 Å². The first-order chi connectivity index (χ1) is 17.1. The summed E-state index contributed by atoms with van der Waals surface area (Å²) >= 11 is 0. The molecule has 8 nitrogen and oxygen atoms in total. The van der Waals surface area contributed by atoms with Crippen LogP contribution >= 0.6 is 0 Å². The molecule has 1 aliphatic carbocycles. The smallest absolute Gasteiger partial charge is 0.407 e. The molecule has 1 unspecified atom stereocenters. The Morgan fingerprint density at radius 2 is 1.91 bits per heavy atom. The van der Waals surface area contributed by atoms with Crippen molar-refractivity contribution in [2.45, 2.75) is 31.7 Å². The van der Waals surface area contributed by atoms with E-state index in [1.165, 1.54) is 30.2 Å². The average molecular weight is 479 g/mol. The molecule has 0 radical (unpaired) electrons. The number of fused-ring (bicyclic) bond motifs is 1. The molecule has 2 amide bonds. The Balaban J connectivity index is 1.32. The maximum Gasteiger partial charge on any atom is 0.407 e. The van der Waals surface area contributed by atoms with Gasteiger partial charge in [-0.25, -0.2) is 10.3 Å². The first-order valence-electron chi connectivity index (χ1n) is 12.3. The summed E-state index contributed by atoms with van der Waals surface area (Å²) in [6, 6.07) is 16.4. The monoisotopic (exact) mass is 478 g/mol. The molecule has 0 bridgehead atoms. The second-order valence-corrected chi connectivity index (χ2v) is 9.24. The van der Waals surface area contributed by atoms with Crippen LogP contribution in [-0.2, 0) is 16.1 Å². The lowest BCUT2D eigenvalue weighted by molar-refractivity contribution is -0.124. The minimum Gasteiger partial charge on any atom is -0.448 e. The number of ether oxygens (including phenoxy) is 1. The first kappa shape index (κ1) is 24.8. The molecule has 0 saturated heterocycles. The summed E-state index contributed by atoms with van der Waals surface area (Å²) in [5.74, 6) is 0.517. The fourth-order valence-electron chi connectivity index (χ4n) is 4.29. The van der Waals surface area contributed by atoms with Crippen LogP contribution in [0.25, 0.3) is 6.08 Å². The molecule has 1 atom stereocenters. The molecule has 1 heterocycles. The molecular weight excluding hydrogens is 444 g/mol. The van der Waals surface area contributed by atoms with Crippen molar-refractivity contribution in [1.29, 1.82) is 0 Å². The summed E-state index contributed by atoms with van der Waals surface area (Å²) in [6.45, 7) is 4.25. The van der Waals surface area contributed by atoms with E-state index in [0.717, 1.165) is 37.2 Å². The van der Waals surface area contributed by atoms with Crippen molar-refractivity contribution in [1.82, 2.24) is 15.7 Å². The molecule has 4 rings (SSSR count). The molecular formula is C27H34N4O4. The number of alkyl carbamates (subject to hydrolysis) is 1. The number of para-hydroxylation sites is 1. The highest BCUT2D eigenvalue weighted by molar-refractivity contribution is 5.90. The Morgan fingerprint density at radius 1 is 1.11 bits per heavy atom. The molecule has 1 fully saturated rings. The van der Waals surface area contributed by atoms with Crippen LogP contribution in [0.15, 0.2) is 54.6 Å². The lowest BCUT2D eigenvalue weighted by atomic mass is 9.97. The van der Waals surface area contributed by atoms with E-state index in [0.29, 0.717) is 31.5 Å². The number of hydrogen-bond acceptors (Lipinski definition) is 6. The summed E-state index contributed by atoms with van der Waals surface area (Å²) in [6.07, 6.45) is 5.97. The quantitative estimate of drug-likeness (QED) is 0.211. The van der Waals surface area contributed by atoms with Crippen molar-refractivity contribution >= 4 is 23.8 Å². The van der Waals surface area contributed by atoms with Gasteiger partial charge in [0.25, 0.3) is 5.91 Å². The highest BCUT2D eigenvalue weighted by Crippen LogP contribution is 2.33. The second kappa shape index (κ2) is 12.4. The van der Waals surface area contributed by atoms with E-state index < -0.39 is 5.91 Å². The summed E-state index contributed by atoms with van der Waals surface area (Å²) in [4.78, 5) is 25.5. The number of rotatable bonds is 12. The van der Waals surface area contributed by atoms with Gasteiger partial charge in [-0.3, -0.25) is 14.9 Å². The maximum atomic E-state index is 12.0. The van der Waals surface area contributed by atoms with Gasteiger partial charge in [0.1, 0.15) is 6.61 Å². The van der Waals surface area contributed by atoms with Crippen molar-refractivity contribution < 1.29 is 19.5 Å². The van der Waals surface area contributed by atoms with E-state index in [2.05, 4.69) is 39.8 Å². The van der Waals surface area contributed by atoms with E-state index in [4.69, 9.17) is 9.94 Å². The number of hydrogen-bond donors (Lipinski definition) is 4. The van der Waals surface area contributed by atoms with Gasteiger partial charge in [-0.1, -0.05) is 42.5 Å². The Bertz CT molecular complexity index is 1020. The van der Waals surface area contributed by atoms with E-state index in [1.54, 1.807) is 11.6 Å². The largest absolute Gasteiger partial charge is 0.448 e. The summed E-state index contributed by atoms with van der Waals surface area (Å²) in [7, 11) is 0. The molecule has 2 aromatic rings. The SMILES string of the molecule is O=C(/C=C/c1ccc(CN(CCOC(=O)NCC2CC2)CCC2CNc3ccccc32)cc1)NO. The van der Waals surface area contributed by atoms with Crippen LogP contribution in [-0.4, -0.2) is 54.9 Å². The van der Waals surface area contributed by atoms with Crippen molar-refractivity contribution in [3.05, 3.63) is 71.3 Å². The Kier molecular flexibility index (Phi) is 8.75. The van der Waals surface area contributed by atoms with Crippen LogP contribution in [0.3, 0.4) is 0 Å². The molecule has 8 heteroatoms. The highest BCUT2D eigenvalue weighted by Gasteiger charge is 2.23. The molecule has 0 aromatic heterocycles. The van der Waals surface area contributed by atoms with Crippen molar-refractivity contribution in [2.75, 3.05) is 38.1 Å². The molecule has 2 aromatic carbocycles. The van der Waals surface area contributed by atoms with Gasteiger partial charge in [-0.15, -0.1) is 0 Å². The first-order valence-corrected chi connectivity index (χ1v) is 12.3. The van der Waals surface area contributed by atoms with Crippen molar-refractivity contribution in [3.8, 4) is 0 Å². The predicted molar refractivity (Wildman–Crippen MR) is 135 cm³/mol. The number of hydroxylamine groups is 1. The number of benzene rings is 2. The number of nitrogens with one attached hydrogen (secondary N) is 3. The van der Waals surface area contributed by atoms with Crippen LogP contribution in [0.2, 0.25) is 0 Å². The number of nitrogens with zero attached hydrogens (tertiary/aromatic N) is 1. The third-order valence-electron chi connectivity index (χ3n) is 6.53. The number of anilines is 1. The van der Waals surface area contributed by atoms with E-state index in [9.17, 15) is 9.59 Å². The van der Waals surface area contributed by atoms with Crippen LogP contribution in [0.1, 0.15) is 41.9 Å². The summed E-state index contributed by atoms with van der Waals surface area (Å²) < 4.78 is 5.43. The van der Waals surface area contributed by atoms with Gasteiger partial charge >= 0.3 is 6.09 Å². The molecule has 0 spiro atoms. The molecule has 1 saturated carbocycles. The van der Waals surface area contributed by atoms with Gasteiger partial charge in [0.05, 0.1) is 0 Å². The fraction of sp³-hybridized carbons (Fsp3) is 0.407. The van der Waals surface area contributed by atoms with Gasteiger partial charge in [0, 0.05) is 43.9 Å². The molecule has 2 aliphatic rings. The van der Waals surface area contributed by atoms with Gasteiger partial charge < -0.3 is 15.4 Å². The van der Waals surface area contributed by atoms with E-state index in [1.807, 2.05) is 24.3 Å². The molecule has 186 valence electrons. The lowest BCUT2D eigenvalue weighted by Crippen LogP contribution is -2.33. The zero-order chi connectivity index (χ0) is 24.5. The van der Waals surface area contributed by atoms with Gasteiger partial charge in [-0.05, 0) is 60.6 Å². The number of carbonyl (C=O) groups is 2. The maximum absolute atomic E-state index is 12.0. The van der Waals surface area contributed by atoms with E-state index in [-0.39, 0.29) is 6.09 Å². The lowest BCUT2D eigenvalue weighted by Gasteiger charge is -2.24. The standard InChI is InChI=1S/C27H34N4O4/c32-26(30-34)12-11-20-5-9-22(10-6-20)19-31(15-16-35-27(33)29-17-21-7-8-21)14-13-23-18-28-25-4-2-1-3-24(23)25/h1-6,9-12,21,23,28,34H,7-8,13-19H2,(H,29,33)(H,30,32)/b12-11+. The molecule has 4 N–H and O–H groups in total. The zero-order valence-electron chi connectivity index (χ0n) is 19.9. The zero-order valence-corrected chi connectivity index (χ0v) is 19.9. The molecule has 35 heavy (non-hydrogen) atoms. The van der Waals surface area contributed by atoms with Crippen LogP contribution in [0.5, 0.6) is 0 Å². The predicted octanol–water partition coefficient (Wildman–Crippen LogP) is 3.74. The van der Waals surface area contributed by atoms with Crippen LogP contribution in [0.4, 0.5) is 10.5 Å². The summed E-state index contributed by atoms with van der Waals surface area (Å²) in [5.41, 5.74) is 6.17.